The van der Waals surface area contributed by atoms with E-state index in [0.717, 1.165) is 25.7 Å². The van der Waals surface area contributed by atoms with Gasteiger partial charge in [0.05, 0.1) is 5.41 Å². The van der Waals surface area contributed by atoms with E-state index in [2.05, 4.69) is 10.1 Å². The highest BCUT2D eigenvalue weighted by molar-refractivity contribution is 5.95. The Morgan fingerprint density at radius 2 is 1.90 bits per heavy atom. The van der Waals surface area contributed by atoms with Crippen molar-refractivity contribution in [1.82, 2.24) is 0 Å². The largest absolute Gasteiger partial charge is 0.435 e. The van der Waals surface area contributed by atoms with Gasteiger partial charge >= 0.3 is 6.61 Å². The first-order chi connectivity index (χ1) is 9.55. The number of benzene rings is 1. The van der Waals surface area contributed by atoms with Gasteiger partial charge in [0.25, 0.3) is 0 Å². The first-order valence-electron chi connectivity index (χ1n) is 6.62. The molecular formula is C14H18F2N2O2. The Balaban J connectivity index is 2.00. The molecule has 4 nitrogen and oxygen atoms in total. The predicted octanol–water partition coefficient (Wildman–Crippen LogP) is 2.75. The number of carbonyl (C=O) groups is 1. The number of rotatable bonds is 5. The number of nitrogens with two attached hydrogens (primary N) is 1. The summed E-state index contributed by atoms with van der Waals surface area (Å²) in [5, 5.41) is 2.79. The molecule has 0 aromatic heterocycles. The maximum Gasteiger partial charge on any atom is 0.387 e. The van der Waals surface area contributed by atoms with Gasteiger partial charge in [0.15, 0.2) is 0 Å². The van der Waals surface area contributed by atoms with E-state index < -0.39 is 12.0 Å². The van der Waals surface area contributed by atoms with Crippen molar-refractivity contribution in [1.29, 1.82) is 0 Å². The van der Waals surface area contributed by atoms with Crippen LogP contribution in [0.15, 0.2) is 24.3 Å². The van der Waals surface area contributed by atoms with Crippen molar-refractivity contribution >= 4 is 11.6 Å². The summed E-state index contributed by atoms with van der Waals surface area (Å²) in [7, 11) is 0. The van der Waals surface area contributed by atoms with E-state index in [0.29, 0.717) is 12.2 Å². The predicted molar refractivity (Wildman–Crippen MR) is 71.7 cm³/mol. The van der Waals surface area contributed by atoms with Gasteiger partial charge in [-0.15, -0.1) is 0 Å². The lowest BCUT2D eigenvalue weighted by molar-refractivity contribution is -0.124. The number of ether oxygens (including phenoxy) is 1. The van der Waals surface area contributed by atoms with Crippen molar-refractivity contribution in [2.24, 2.45) is 11.1 Å². The molecule has 6 heteroatoms. The van der Waals surface area contributed by atoms with Crippen molar-refractivity contribution in [2.75, 3.05) is 11.9 Å². The van der Waals surface area contributed by atoms with Crippen LogP contribution in [-0.4, -0.2) is 19.1 Å². The van der Waals surface area contributed by atoms with Crippen LogP contribution in [0.2, 0.25) is 0 Å². The number of halogens is 2. The third-order valence-electron chi connectivity index (χ3n) is 3.77. The number of nitrogens with one attached hydrogen (secondary N) is 1. The molecule has 1 amide bonds. The average Bonchev–Trinajstić information content (AvgIpc) is 2.90. The summed E-state index contributed by atoms with van der Waals surface area (Å²) in [6, 6.07) is 5.86. The molecule has 1 fully saturated rings. The van der Waals surface area contributed by atoms with Gasteiger partial charge in [0, 0.05) is 12.2 Å². The summed E-state index contributed by atoms with van der Waals surface area (Å²) in [5.41, 5.74) is 5.80. The smallest absolute Gasteiger partial charge is 0.387 e. The highest BCUT2D eigenvalue weighted by Gasteiger charge is 2.39. The molecule has 1 saturated carbocycles. The molecule has 0 aliphatic heterocycles. The molecule has 1 aromatic carbocycles. The molecule has 20 heavy (non-hydrogen) atoms. The lowest BCUT2D eigenvalue weighted by Crippen LogP contribution is -2.40. The Hall–Kier alpha value is -1.69. The Morgan fingerprint density at radius 1 is 1.30 bits per heavy atom. The van der Waals surface area contributed by atoms with Gasteiger partial charge in [-0.2, -0.15) is 8.78 Å². The van der Waals surface area contributed by atoms with E-state index in [1.54, 1.807) is 0 Å². The molecule has 110 valence electrons. The van der Waals surface area contributed by atoms with Gasteiger partial charge in [-0.25, -0.2) is 0 Å². The molecular weight excluding hydrogens is 266 g/mol. The summed E-state index contributed by atoms with van der Waals surface area (Å²) >= 11 is 0. The van der Waals surface area contributed by atoms with Crippen molar-refractivity contribution in [3.8, 4) is 5.75 Å². The lowest BCUT2D eigenvalue weighted by atomic mass is 9.85. The van der Waals surface area contributed by atoms with Crippen molar-refractivity contribution in [2.45, 2.75) is 32.3 Å². The summed E-state index contributed by atoms with van der Waals surface area (Å²) in [6.45, 7) is -2.53. The Labute approximate surface area is 116 Å². The van der Waals surface area contributed by atoms with Crippen LogP contribution >= 0.6 is 0 Å². The van der Waals surface area contributed by atoms with Crippen LogP contribution in [0.25, 0.3) is 0 Å². The minimum absolute atomic E-state index is 0.0624. The number of amides is 1. The topological polar surface area (TPSA) is 64.4 Å². The third-order valence-corrected chi connectivity index (χ3v) is 3.77. The zero-order valence-electron chi connectivity index (χ0n) is 11.1. The Morgan fingerprint density at radius 3 is 2.40 bits per heavy atom. The molecule has 1 aromatic rings. The van der Waals surface area contributed by atoms with E-state index in [4.69, 9.17) is 5.73 Å². The summed E-state index contributed by atoms with van der Waals surface area (Å²) in [5.74, 6) is -0.0348. The zero-order chi connectivity index (χ0) is 14.6. The summed E-state index contributed by atoms with van der Waals surface area (Å²) < 4.78 is 28.3. The molecule has 1 aliphatic rings. The second kappa shape index (κ2) is 6.17. The molecule has 0 atom stereocenters. The number of hydrogen-bond donors (Lipinski definition) is 2. The summed E-state index contributed by atoms with van der Waals surface area (Å²) in [4.78, 5) is 12.3. The summed E-state index contributed by atoms with van der Waals surface area (Å²) in [6.07, 6.45) is 3.60. The van der Waals surface area contributed by atoms with Crippen molar-refractivity contribution in [3.63, 3.8) is 0 Å². The van der Waals surface area contributed by atoms with Gasteiger partial charge in [0.2, 0.25) is 5.91 Å². The van der Waals surface area contributed by atoms with Crippen LogP contribution in [0.1, 0.15) is 25.7 Å². The van der Waals surface area contributed by atoms with E-state index in [9.17, 15) is 13.6 Å². The number of carbonyl (C=O) groups excluding carboxylic acids is 1. The monoisotopic (exact) mass is 284 g/mol. The van der Waals surface area contributed by atoms with Gasteiger partial charge < -0.3 is 15.8 Å². The number of alkyl halides is 2. The van der Waals surface area contributed by atoms with E-state index in [1.165, 1.54) is 24.3 Å². The Bertz CT molecular complexity index is 457. The average molecular weight is 284 g/mol. The highest BCUT2D eigenvalue weighted by atomic mass is 19.3. The van der Waals surface area contributed by atoms with Crippen LogP contribution in [0.4, 0.5) is 14.5 Å². The second-order valence-electron chi connectivity index (χ2n) is 5.05. The van der Waals surface area contributed by atoms with E-state index in [1.807, 2.05) is 0 Å². The SMILES string of the molecule is NCC1(C(=O)Nc2ccc(OC(F)F)cc2)CCCC1. The maximum absolute atomic E-state index is 12.3. The quantitative estimate of drug-likeness (QED) is 0.873. The lowest BCUT2D eigenvalue weighted by Gasteiger charge is -2.25. The second-order valence-corrected chi connectivity index (χ2v) is 5.05. The van der Waals surface area contributed by atoms with Crippen molar-refractivity contribution in [3.05, 3.63) is 24.3 Å². The molecule has 0 heterocycles. The first kappa shape index (κ1) is 14.7. The minimum atomic E-state index is -2.85. The molecule has 0 spiro atoms. The van der Waals surface area contributed by atoms with Crippen molar-refractivity contribution < 1.29 is 18.3 Å². The normalized spacial score (nSPS) is 17.2. The maximum atomic E-state index is 12.3. The van der Waals surface area contributed by atoms with Gasteiger partial charge in [0.1, 0.15) is 5.75 Å². The van der Waals surface area contributed by atoms with Gasteiger partial charge in [-0.05, 0) is 37.1 Å². The first-order valence-corrected chi connectivity index (χ1v) is 6.62. The standard InChI is InChI=1S/C14H18F2N2O2/c15-13(16)20-11-5-3-10(4-6-11)18-12(19)14(9-17)7-1-2-8-14/h3-6,13H,1-2,7-9,17H2,(H,18,19). The van der Waals surface area contributed by atoms with Crippen LogP contribution in [0, 0.1) is 5.41 Å². The Kier molecular flexibility index (Phi) is 4.54. The molecule has 1 aliphatic carbocycles. The van der Waals surface area contributed by atoms with Crippen LogP contribution in [0.5, 0.6) is 5.75 Å². The van der Waals surface area contributed by atoms with Crippen LogP contribution in [-0.2, 0) is 4.79 Å². The molecule has 2 rings (SSSR count). The zero-order valence-corrected chi connectivity index (χ0v) is 11.1. The minimum Gasteiger partial charge on any atom is -0.435 e. The molecule has 0 bridgehead atoms. The number of anilines is 1. The fraction of sp³-hybridized carbons (Fsp3) is 0.500. The fourth-order valence-corrected chi connectivity index (χ4v) is 2.56. The molecule has 0 unspecified atom stereocenters. The van der Waals surface area contributed by atoms with Crippen LogP contribution < -0.4 is 15.8 Å². The molecule has 0 saturated heterocycles. The fourth-order valence-electron chi connectivity index (χ4n) is 2.56. The highest BCUT2D eigenvalue weighted by Crippen LogP contribution is 2.38. The van der Waals surface area contributed by atoms with Gasteiger partial charge in [-0.1, -0.05) is 12.8 Å². The number of hydrogen-bond acceptors (Lipinski definition) is 3. The molecule has 3 N–H and O–H groups in total. The van der Waals surface area contributed by atoms with E-state index >= 15 is 0 Å². The molecule has 0 radical (unpaired) electrons. The van der Waals surface area contributed by atoms with Gasteiger partial charge in [-0.3, -0.25) is 4.79 Å². The third kappa shape index (κ3) is 3.25. The van der Waals surface area contributed by atoms with Crippen LogP contribution in [0.3, 0.4) is 0 Å². The van der Waals surface area contributed by atoms with E-state index in [-0.39, 0.29) is 11.7 Å².